The van der Waals surface area contributed by atoms with E-state index in [-0.39, 0.29) is 17.6 Å². The van der Waals surface area contributed by atoms with Gasteiger partial charge in [-0.15, -0.1) is 0 Å². The Kier molecular flexibility index (Phi) is 3.96. The van der Waals surface area contributed by atoms with Crippen molar-refractivity contribution in [2.24, 2.45) is 0 Å². The molecule has 1 aromatic carbocycles. The summed E-state index contributed by atoms with van der Waals surface area (Å²) >= 11 is 0. The van der Waals surface area contributed by atoms with Crippen LogP contribution in [0.2, 0.25) is 0 Å². The minimum absolute atomic E-state index is 0.222. The van der Waals surface area contributed by atoms with Crippen LogP contribution in [0.3, 0.4) is 0 Å². The normalized spacial score (nSPS) is 20.5. The van der Waals surface area contributed by atoms with Crippen LogP contribution in [0.4, 0.5) is 0 Å². The summed E-state index contributed by atoms with van der Waals surface area (Å²) in [6.45, 7) is 0.894. The van der Waals surface area contributed by atoms with Gasteiger partial charge in [-0.25, -0.2) is 8.42 Å². The predicted molar refractivity (Wildman–Crippen MR) is 80.1 cm³/mol. The Labute approximate surface area is 124 Å². The van der Waals surface area contributed by atoms with E-state index in [1.54, 1.807) is 17.1 Å². The van der Waals surface area contributed by atoms with Crippen LogP contribution in [0.25, 0.3) is 0 Å². The van der Waals surface area contributed by atoms with Gasteiger partial charge in [-0.3, -0.25) is 4.68 Å². The molecule has 1 atom stereocenters. The second-order valence-corrected chi connectivity index (χ2v) is 7.70. The lowest BCUT2D eigenvalue weighted by molar-refractivity contribution is 0.310. The van der Waals surface area contributed by atoms with E-state index in [1.807, 2.05) is 30.3 Å². The number of aromatic nitrogens is 2. The monoisotopic (exact) mass is 306 g/mol. The van der Waals surface area contributed by atoms with E-state index >= 15 is 0 Å². The van der Waals surface area contributed by atoms with Gasteiger partial charge >= 0.3 is 0 Å². The number of hydrogen-bond donors (Lipinski definition) is 0. The van der Waals surface area contributed by atoms with Gasteiger partial charge in [0.05, 0.1) is 29.9 Å². The molecule has 2 heterocycles. The second-order valence-electron chi connectivity index (χ2n) is 5.30. The summed E-state index contributed by atoms with van der Waals surface area (Å²) < 4.78 is 30.8. The number of rotatable bonds is 5. The Morgan fingerprint density at radius 2 is 2.10 bits per heavy atom. The molecule has 3 rings (SSSR count). The van der Waals surface area contributed by atoms with Crippen molar-refractivity contribution < 1.29 is 13.2 Å². The third-order valence-corrected chi connectivity index (χ3v) is 5.94. The molecule has 0 N–H and O–H groups in total. The van der Waals surface area contributed by atoms with E-state index in [0.717, 1.165) is 12.0 Å². The van der Waals surface area contributed by atoms with Crippen molar-refractivity contribution >= 4 is 9.84 Å². The van der Waals surface area contributed by atoms with Gasteiger partial charge in [0, 0.05) is 0 Å². The summed E-state index contributed by atoms with van der Waals surface area (Å²) in [4.78, 5) is 0. The fourth-order valence-corrected chi connectivity index (χ4v) is 4.21. The van der Waals surface area contributed by atoms with E-state index < -0.39 is 9.84 Å². The lowest BCUT2D eigenvalue weighted by Crippen LogP contribution is -2.23. The van der Waals surface area contributed by atoms with Crippen LogP contribution in [-0.4, -0.2) is 35.8 Å². The first-order valence-electron chi connectivity index (χ1n) is 7.04. The molecule has 1 fully saturated rings. The average Bonchev–Trinajstić information content (AvgIpc) is 3.04. The highest BCUT2D eigenvalue weighted by atomic mass is 32.2. The van der Waals surface area contributed by atoms with Gasteiger partial charge in [-0.2, -0.15) is 5.10 Å². The average molecular weight is 306 g/mol. The van der Waals surface area contributed by atoms with E-state index in [4.69, 9.17) is 4.74 Å². The van der Waals surface area contributed by atoms with Gasteiger partial charge in [0.25, 0.3) is 0 Å². The Balaban J connectivity index is 1.58. The molecule has 0 aliphatic carbocycles. The molecule has 1 unspecified atom stereocenters. The standard InChI is InChI=1S/C15H18N2O3S/c18-21(19)8-4-7-15(21)12-20-14-9-16-17(11-14)10-13-5-2-1-3-6-13/h1-3,5-6,9,11,15H,4,7-8,10,12H2. The number of hydrogen-bond acceptors (Lipinski definition) is 4. The fourth-order valence-electron chi connectivity index (χ4n) is 2.51. The Morgan fingerprint density at radius 3 is 2.81 bits per heavy atom. The maximum Gasteiger partial charge on any atom is 0.157 e. The van der Waals surface area contributed by atoms with Gasteiger partial charge in [0.1, 0.15) is 6.61 Å². The Bertz CT molecular complexity index is 695. The third-order valence-electron chi connectivity index (χ3n) is 3.70. The van der Waals surface area contributed by atoms with Gasteiger partial charge in [-0.1, -0.05) is 30.3 Å². The molecule has 1 saturated heterocycles. The topological polar surface area (TPSA) is 61.2 Å². The molecular weight excluding hydrogens is 288 g/mol. The molecule has 0 amide bonds. The van der Waals surface area contributed by atoms with E-state index in [1.165, 1.54) is 0 Å². The lowest BCUT2D eigenvalue weighted by Gasteiger charge is -2.09. The number of ether oxygens (including phenoxy) is 1. The summed E-state index contributed by atoms with van der Waals surface area (Å²) in [5.41, 5.74) is 1.16. The van der Waals surface area contributed by atoms with Crippen LogP contribution >= 0.6 is 0 Å². The van der Waals surface area contributed by atoms with Crippen molar-refractivity contribution in [1.82, 2.24) is 9.78 Å². The highest BCUT2D eigenvalue weighted by Crippen LogP contribution is 2.21. The van der Waals surface area contributed by atoms with E-state index in [9.17, 15) is 8.42 Å². The number of sulfone groups is 1. The van der Waals surface area contributed by atoms with Crippen LogP contribution in [0.1, 0.15) is 18.4 Å². The van der Waals surface area contributed by atoms with Gasteiger partial charge in [0.15, 0.2) is 15.6 Å². The molecule has 1 aliphatic rings. The maximum atomic E-state index is 11.7. The molecule has 0 spiro atoms. The Morgan fingerprint density at radius 1 is 1.29 bits per heavy atom. The van der Waals surface area contributed by atoms with E-state index in [0.29, 0.717) is 18.7 Å². The van der Waals surface area contributed by atoms with Crippen molar-refractivity contribution in [2.75, 3.05) is 12.4 Å². The van der Waals surface area contributed by atoms with Crippen molar-refractivity contribution in [1.29, 1.82) is 0 Å². The molecular formula is C15H18N2O3S. The quantitative estimate of drug-likeness (QED) is 0.846. The summed E-state index contributed by atoms with van der Waals surface area (Å²) in [7, 11) is -2.95. The molecule has 0 bridgehead atoms. The van der Waals surface area contributed by atoms with Crippen LogP contribution in [0, 0.1) is 0 Å². The first kappa shape index (κ1) is 14.1. The van der Waals surface area contributed by atoms with Crippen LogP contribution in [0.5, 0.6) is 5.75 Å². The minimum Gasteiger partial charge on any atom is -0.489 e. The molecule has 0 radical (unpaired) electrons. The first-order chi connectivity index (χ1) is 10.1. The van der Waals surface area contributed by atoms with Crippen molar-refractivity contribution in [3.8, 4) is 5.75 Å². The minimum atomic E-state index is -2.95. The number of benzene rings is 1. The second kappa shape index (κ2) is 5.89. The van der Waals surface area contributed by atoms with Crippen LogP contribution < -0.4 is 4.74 Å². The molecule has 5 nitrogen and oxygen atoms in total. The summed E-state index contributed by atoms with van der Waals surface area (Å²) in [5.74, 6) is 0.905. The molecule has 6 heteroatoms. The fraction of sp³-hybridized carbons (Fsp3) is 0.400. The SMILES string of the molecule is O=S1(=O)CCCC1COc1cnn(Cc2ccccc2)c1. The molecule has 1 aliphatic heterocycles. The summed E-state index contributed by atoms with van der Waals surface area (Å²) in [6.07, 6.45) is 4.86. The first-order valence-corrected chi connectivity index (χ1v) is 8.76. The highest BCUT2D eigenvalue weighted by molar-refractivity contribution is 7.92. The predicted octanol–water partition coefficient (Wildman–Crippen LogP) is 1.89. The zero-order valence-corrected chi connectivity index (χ0v) is 12.5. The summed E-state index contributed by atoms with van der Waals surface area (Å²) in [5, 5.41) is 3.87. The molecule has 0 saturated carbocycles. The number of nitrogens with zero attached hydrogens (tertiary/aromatic N) is 2. The van der Waals surface area contributed by atoms with Gasteiger partial charge in [0.2, 0.25) is 0 Å². The molecule has 2 aromatic rings. The highest BCUT2D eigenvalue weighted by Gasteiger charge is 2.31. The Hall–Kier alpha value is -1.82. The molecule has 1 aromatic heterocycles. The van der Waals surface area contributed by atoms with E-state index in [2.05, 4.69) is 5.10 Å². The summed E-state index contributed by atoms with van der Waals surface area (Å²) in [6, 6.07) is 10.0. The van der Waals surface area contributed by atoms with Crippen LogP contribution in [0.15, 0.2) is 42.7 Å². The van der Waals surface area contributed by atoms with Crippen molar-refractivity contribution in [3.63, 3.8) is 0 Å². The largest absolute Gasteiger partial charge is 0.489 e. The zero-order chi connectivity index (χ0) is 14.7. The lowest BCUT2D eigenvalue weighted by atomic mass is 10.2. The van der Waals surface area contributed by atoms with Gasteiger partial charge in [-0.05, 0) is 18.4 Å². The maximum absolute atomic E-state index is 11.7. The third kappa shape index (κ3) is 3.44. The molecule has 112 valence electrons. The van der Waals surface area contributed by atoms with Crippen LogP contribution in [-0.2, 0) is 16.4 Å². The van der Waals surface area contributed by atoms with Gasteiger partial charge < -0.3 is 4.74 Å². The van der Waals surface area contributed by atoms with Crippen molar-refractivity contribution in [3.05, 3.63) is 48.3 Å². The zero-order valence-electron chi connectivity index (χ0n) is 11.7. The molecule has 21 heavy (non-hydrogen) atoms. The van der Waals surface area contributed by atoms with Crippen molar-refractivity contribution in [2.45, 2.75) is 24.6 Å². The smallest absolute Gasteiger partial charge is 0.157 e.